The number of hydrogen-bond donors (Lipinski definition) is 0. The van der Waals surface area contributed by atoms with Crippen molar-refractivity contribution in [2.24, 2.45) is 9.98 Å². The molecule has 0 aliphatic rings. The molecule has 39 heavy (non-hydrogen) atoms. The monoisotopic (exact) mass is 622 g/mol. The summed E-state index contributed by atoms with van der Waals surface area (Å²) in [6.45, 7) is 13.7. The minimum absolute atomic E-state index is 0. The molecule has 0 atom stereocenters. The third-order valence-electron chi connectivity index (χ3n) is 7.35. The van der Waals surface area contributed by atoms with Gasteiger partial charge in [0.15, 0.2) is 0 Å². The summed E-state index contributed by atoms with van der Waals surface area (Å²) < 4.78 is 0. The molecule has 3 heteroatoms. The van der Waals surface area contributed by atoms with Crippen molar-refractivity contribution in [3.05, 3.63) is 58.7 Å². The van der Waals surface area contributed by atoms with Crippen LogP contribution in [0.2, 0.25) is 0 Å². The molecule has 0 fully saturated rings. The Bertz CT molecular complexity index is 1010. The minimum Gasteiger partial charge on any atom is -0.252 e. The zero-order chi connectivity index (χ0) is 27.6. The molecule has 0 unspecified atom stereocenters. The average molecular weight is 623 g/mol. The number of rotatable bonds is 19. The van der Waals surface area contributed by atoms with Gasteiger partial charge in [0.25, 0.3) is 0 Å². The molecule has 0 amide bonds. The molecule has 220 valence electrons. The fourth-order valence-electron chi connectivity index (χ4n) is 5.30. The predicted octanol–water partition coefficient (Wildman–Crippen LogP) is 11.5. The van der Waals surface area contributed by atoms with Gasteiger partial charge in [-0.05, 0) is 97.9 Å². The summed E-state index contributed by atoms with van der Waals surface area (Å²) in [5.41, 5.74) is 10.5. The van der Waals surface area contributed by atoms with E-state index in [0.717, 1.165) is 56.3 Å². The summed E-state index contributed by atoms with van der Waals surface area (Å²) in [4.78, 5) is 10.7. The van der Waals surface area contributed by atoms with Crippen LogP contribution in [0.1, 0.15) is 141 Å². The Kier molecular flexibility index (Phi) is 19.3. The molecule has 0 N–H and O–H groups in total. The van der Waals surface area contributed by atoms with Crippen molar-refractivity contribution in [1.29, 1.82) is 0 Å². The first-order valence-electron chi connectivity index (χ1n) is 16.0. The fourth-order valence-corrected chi connectivity index (χ4v) is 5.30. The summed E-state index contributed by atoms with van der Waals surface area (Å²) >= 11 is 0. The molecule has 0 radical (unpaired) electrons. The molecule has 0 aliphatic heterocycles. The Balaban J connectivity index is 0.00000760. The number of nitrogens with zero attached hydrogens (tertiary/aromatic N) is 2. The third kappa shape index (κ3) is 12.7. The molecule has 0 saturated heterocycles. The summed E-state index contributed by atoms with van der Waals surface area (Å²) in [7, 11) is 0. The van der Waals surface area contributed by atoms with E-state index >= 15 is 0 Å². The maximum Gasteiger partial charge on any atom is 0.0636 e. The molecule has 2 aromatic carbocycles. The Morgan fingerprint density at radius 3 is 1.28 bits per heavy atom. The number of benzene rings is 2. The second kappa shape index (κ2) is 21.2. The molecular formula is C36H56N2Pd. The minimum atomic E-state index is 0. The first kappa shape index (κ1) is 35.5. The maximum atomic E-state index is 5.34. The van der Waals surface area contributed by atoms with Crippen molar-refractivity contribution in [3.8, 4) is 0 Å². The van der Waals surface area contributed by atoms with E-state index in [1.807, 2.05) is 0 Å². The molecular weight excluding hydrogens is 567 g/mol. The van der Waals surface area contributed by atoms with Crippen LogP contribution in [0.25, 0.3) is 0 Å². The number of unbranched alkanes of at least 4 members (excludes halogenated alkanes) is 4. The molecule has 0 aliphatic carbocycles. The molecule has 0 heterocycles. The topological polar surface area (TPSA) is 24.7 Å². The summed E-state index contributed by atoms with van der Waals surface area (Å²) in [6, 6.07) is 13.8. The van der Waals surface area contributed by atoms with Crippen molar-refractivity contribution in [2.75, 3.05) is 0 Å². The van der Waals surface area contributed by atoms with E-state index in [2.05, 4.69) is 77.9 Å². The van der Waals surface area contributed by atoms with E-state index in [1.165, 1.54) is 91.5 Å². The van der Waals surface area contributed by atoms with Crippen LogP contribution in [0.5, 0.6) is 0 Å². The predicted molar refractivity (Wildman–Crippen MR) is 171 cm³/mol. The summed E-state index contributed by atoms with van der Waals surface area (Å²) in [5.74, 6) is 0. The van der Waals surface area contributed by atoms with Crippen LogP contribution >= 0.6 is 0 Å². The second-order valence-electron chi connectivity index (χ2n) is 10.9. The van der Waals surface area contributed by atoms with Gasteiger partial charge in [0.2, 0.25) is 0 Å². The van der Waals surface area contributed by atoms with Crippen LogP contribution < -0.4 is 0 Å². The van der Waals surface area contributed by atoms with Crippen molar-refractivity contribution >= 4 is 22.8 Å². The van der Waals surface area contributed by atoms with Gasteiger partial charge in [-0.2, -0.15) is 0 Å². The van der Waals surface area contributed by atoms with E-state index in [-0.39, 0.29) is 20.4 Å². The van der Waals surface area contributed by atoms with Gasteiger partial charge in [-0.1, -0.05) is 105 Å². The van der Waals surface area contributed by atoms with Crippen LogP contribution in [-0.2, 0) is 46.1 Å². The first-order valence-corrected chi connectivity index (χ1v) is 16.0. The zero-order valence-corrected chi connectivity index (χ0v) is 27.5. The Hall–Kier alpha value is -1.56. The van der Waals surface area contributed by atoms with E-state index in [0.29, 0.717) is 0 Å². The summed E-state index contributed by atoms with van der Waals surface area (Å²) in [5, 5.41) is 0. The number of aryl methyl sites for hydroxylation is 4. The average Bonchev–Trinajstić information content (AvgIpc) is 2.91. The number of hydrogen-bond acceptors (Lipinski definition) is 2. The Morgan fingerprint density at radius 1 is 0.462 bits per heavy atom. The van der Waals surface area contributed by atoms with Crippen molar-refractivity contribution in [1.82, 2.24) is 0 Å². The van der Waals surface area contributed by atoms with Crippen LogP contribution in [0.4, 0.5) is 11.4 Å². The first-order chi connectivity index (χ1) is 18.6. The van der Waals surface area contributed by atoms with Crippen LogP contribution in [-0.4, -0.2) is 11.4 Å². The number of aliphatic imine (C=N–C) groups is 2. The smallest absolute Gasteiger partial charge is 0.0636 e. The maximum absolute atomic E-state index is 5.34. The van der Waals surface area contributed by atoms with Crippen LogP contribution in [0, 0.1) is 0 Å². The van der Waals surface area contributed by atoms with Crippen molar-refractivity contribution < 1.29 is 20.4 Å². The Morgan fingerprint density at radius 2 is 0.872 bits per heavy atom. The van der Waals surface area contributed by atoms with E-state index in [4.69, 9.17) is 9.98 Å². The molecule has 0 bridgehead atoms. The van der Waals surface area contributed by atoms with Crippen LogP contribution in [0.3, 0.4) is 0 Å². The summed E-state index contributed by atoms with van der Waals surface area (Å²) in [6.07, 6.45) is 18.6. The van der Waals surface area contributed by atoms with E-state index < -0.39 is 0 Å². The van der Waals surface area contributed by atoms with Gasteiger partial charge in [-0.3, -0.25) is 9.98 Å². The zero-order valence-electron chi connectivity index (χ0n) is 26.0. The molecule has 0 saturated carbocycles. The molecule has 0 aromatic heterocycles. The third-order valence-corrected chi connectivity index (χ3v) is 7.35. The van der Waals surface area contributed by atoms with Gasteiger partial charge in [-0.15, -0.1) is 0 Å². The van der Waals surface area contributed by atoms with Gasteiger partial charge in [-0.25, -0.2) is 0 Å². The van der Waals surface area contributed by atoms with Gasteiger partial charge in [0, 0.05) is 20.4 Å². The van der Waals surface area contributed by atoms with Crippen LogP contribution in [0.15, 0.2) is 46.4 Å². The fraction of sp³-hybridized carbons (Fsp3) is 0.611. The molecule has 0 spiro atoms. The SMILES string of the molecule is CCCCCCC(=N\c1ccc(CCC)c(CCC)c1)/C(CCCC)=N/c1ccc(CCC)c(CCC)c1.[Pd]. The van der Waals surface area contributed by atoms with E-state index in [9.17, 15) is 0 Å². The largest absolute Gasteiger partial charge is 0.252 e. The second-order valence-corrected chi connectivity index (χ2v) is 10.9. The molecule has 2 rings (SSSR count). The van der Waals surface area contributed by atoms with Gasteiger partial charge in [0.05, 0.1) is 22.8 Å². The van der Waals surface area contributed by atoms with Gasteiger partial charge < -0.3 is 0 Å². The normalized spacial score (nSPS) is 12.1. The van der Waals surface area contributed by atoms with Gasteiger partial charge in [0.1, 0.15) is 0 Å². The quantitative estimate of drug-likeness (QED) is 0.0845. The standard InChI is InChI=1S/C36H56N2.Pd/c1-7-13-15-16-22-36(38-34-26-24-30(18-10-4)32(28-34)20-12-6)35(21-14-8-2)37-33-25-23-29(17-9-3)31(27-33)19-11-5;/h23-28H,7-22H2,1-6H3;/b37-35+,38-36+;. The van der Waals surface area contributed by atoms with Crippen molar-refractivity contribution in [3.63, 3.8) is 0 Å². The molecule has 2 nitrogen and oxygen atoms in total. The molecule has 2 aromatic rings. The Labute approximate surface area is 255 Å². The van der Waals surface area contributed by atoms with E-state index in [1.54, 1.807) is 0 Å². The van der Waals surface area contributed by atoms with Gasteiger partial charge >= 0.3 is 0 Å². The van der Waals surface area contributed by atoms with Crippen molar-refractivity contribution in [2.45, 2.75) is 144 Å².